The van der Waals surface area contributed by atoms with Crippen LogP contribution in [0.15, 0.2) is 15.9 Å². The zero-order valence-electron chi connectivity index (χ0n) is 8.24. The molecule has 14 heavy (non-hydrogen) atoms. The molecule has 1 heterocycles. The van der Waals surface area contributed by atoms with Gasteiger partial charge in [0, 0.05) is 15.4 Å². The lowest BCUT2D eigenvalue weighted by Crippen LogP contribution is -2.44. The SMILES string of the molecule is CC(C)(C)N(C(=O)O)c1cc(Br)cs1. The maximum atomic E-state index is 11.1. The summed E-state index contributed by atoms with van der Waals surface area (Å²) in [5.74, 6) is 0. The van der Waals surface area contributed by atoms with Gasteiger partial charge in [-0.15, -0.1) is 11.3 Å². The molecule has 0 spiro atoms. The van der Waals surface area contributed by atoms with E-state index in [-0.39, 0.29) is 0 Å². The molecule has 1 aromatic heterocycles. The lowest BCUT2D eigenvalue weighted by molar-refractivity contribution is 0.196. The monoisotopic (exact) mass is 277 g/mol. The summed E-state index contributed by atoms with van der Waals surface area (Å²) in [5, 5.41) is 11.7. The molecule has 1 aromatic rings. The molecule has 3 nitrogen and oxygen atoms in total. The first-order valence-corrected chi connectivity index (χ1v) is 5.77. The fourth-order valence-electron chi connectivity index (χ4n) is 1.13. The van der Waals surface area contributed by atoms with E-state index in [1.165, 1.54) is 16.2 Å². The molecule has 1 rings (SSSR count). The van der Waals surface area contributed by atoms with Crippen LogP contribution < -0.4 is 4.90 Å². The summed E-state index contributed by atoms with van der Waals surface area (Å²) < 4.78 is 0.910. The van der Waals surface area contributed by atoms with E-state index in [1.807, 2.05) is 32.2 Å². The van der Waals surface area contributed by atoms with Crippen molar-refractivity contribution in [3.63, 3.8) is 0 Å². The normalized spacial score (nSPS) is 11.4. The minimum atomic E-state index is -0.924. The first-order valence-electron chi connectivity index (χ1n) is 4.09. The Balaban J connectivity index is 3.07. The van der Waals surface area contributed by atoms with Crippen LogP contribution in [0.2, 0.25) is 0 Å². The number of halogens is 1. The molecule has 0 saturated heterocycles. The van der Waals surface area contributed by atoms with E-state index in [1.54, 1.807) is 0 Å². The van der Waals surface area contributed by atoms with Crippen LogP contribution in [0.3, 0.4) is 0 Å². The third-order valence-corrected chi connectivity index (χ3v) is 3.31. The molecule has 78 valence electrons. The van der Waals surface area contributed by atoms with Crippen molar-refractivity contribution in [1.82, 2.24) is 0 Å². The van der Waals surface area contributed by atoms with Gasteiger partial charge in [-0.1, -0.05) is 0 Å². The largest absolute Gasteiger partial charge is 0.465 e. The van der Waals surface area contributed by atoms with Crippen molar-refractivity contribution in [2.75, 3.05) is 4.90 Å². The van der Waals surface area contributed by atoms with Crippen LogP contribution in [-0.4, -0.2) is 16.7 Å². The second-order valence-electron chi connectivity index (χ2n) is 3.89. The number of anilines is 1. The van der Waals surface area contributed by atoms with Gasteiger partial charge in [0.05, 0.1) is 0 Å². The number of hydrogen-bond donors (Lipinski definition) is 1. The highest BCUT2D eigenvalue weighted by Gasteiger charge is 2.28. The zero-order valence-corrected chi connectivity index (χ0v) is 10.6. The first-order chi connectivity index (χ1) is 6.32. The number of nitrogens with zero attached hydrogens (tertiary/aromatic N) is 1. The van der Waals surface area contributed by atoms with Crippen molar-refractivity contribution in [1.29, 1.82) is 0 Å². The molecule has 0 aliphatic rings. The van der Waals surface area contributed by atoms with E-state index in [4.69, 9.17) is 5.11 Å². The Morgan fingerprint density at radius 2 is 2.14 bits per heavy atom. The van der Waals surface area contributed by atoms with Crippen molar-refractivity contribution in [3.05, 3.63) is 15.9 Å². The van der Waals surface area contributed by atoms with Crippen LogP contribution in [0.4, 0.5) is 9.80 Å². The number of rotatable bonds is 1. The molecule has 0 atom stereocenters. The number of carboxylic acid groups (broad SMARTS) is 1. The molecule has 0 radical (unpaired) electrons. The van der Waals surface area contributed by atoms with Crippen molar-refractivity contribution < 1.29 is 9.90 Å². The quantitative estimate of drug-likeness (QED) is 0.849. The van der Waals surface area contributed by atoms with Gasteiger partial charge in [0.1, 0.15) is 5.00 Å². The van der Waals surface area contributed by atoms with E-state index in [0.717, 1.165) is 9.47 Å². The number of thiophene rings is 1. The van der Waals surface area contributed by atoms with Crippen LogP contribution in [0.1, 0.15) is 20.8 Å². The summed E-state index contributed by atoms with van der Waals surface area (Å²) in [4.78, 5) is 12.4. The van der Waals surface area contributed by atoms with Crippen molar-refractivity contribution >= 4 is 38.4 Å². The standard InChI is InChI=1S/C9H12BrNO2S/c1-9(2,3)11(8(12)13)7-4-6(10)5-14-7/h4-5H,1-3H3,(H,12,13). The fraction of sp³-hybridized carbons (Fsp3) is 0.444. The summed E-state index contributed by atoms with van der Waals surface area (Å²) in [6.45, 7) is 5.61. The highest BCUT2D eigenvalue weighted by molar-refractivity contribution is 9.10. The third kappa shape index (κ3) is 2.48. The number of amides is 1. The predicted molar refractivity (Wildman–Crippen MR) is 62.3 cm³/mol. The summed E-state index contributed by atoms with van der Waals surface area (Å²) in [6.07, 6.45) is -0.924. The summed E-state index contributed by atoms with van der Waals surface area (Å²) in [7, 11) is 0. The Hall–Kier alpha value is -0.550. The maximum Gasteiger partial charge on any atom is 0.412 e. The number of carbonyl (C=O) groups is 1. The van der Waals surface area contributed by atoms with Gasteiger partial charge in [0.25, 0.3) is 0 Å². The van der Waals surface area contributed by atoms with Gasteiger partial charge >= 0.3 is 6.09 Å². The van der Waals surface area contributed by atoms with Crippen molar-refractivity contribution in [2.45, 2.75) is 26.3 Å². The molecule has 0 aromatic carbocycles. The van der Waals surface area contributed by atoms with E-state index in [0.29, 0.717) is 0 Å². The van der Waals surface area contributed by atoms with Crippen LogP contribution in [-0.2, 0) is 0 Å². The van der Waals surface area contributed by atoms with Gasteiger partial charge in [0.2, 0.25) is 0 Å². The summed E-state index contributed by atoms with van der Waals surface area (Å²) >= 11 is 4.72. The van der Waals surface area contributed by atoms with Crippen LogP contribution in [0.25, 0.3) is 0 Å². The van der Waals surface area contributed by atoms with Gasteiger partial charge < -0.3 is 5.11 Å². The molecule has 1 amide bonds. The highest BCUT2D eigenvalue weighted by Crippen LogP contribution is 2.32. The van der Waals surface area contributed by atoms with Crippen LogP contribution in [0.5, 0.6) is 0 Å². The molecule has 5 heteroatoms. The van der Waals surface area contributed by atoms with Crippen molar-refractivity contribution in [3.8, 4) is 0 Å². The molecule has 1 N–H and O–H groups in total. The Morgan fingerprint density at radius 1 is 1.57 bits per heavy atom. The van der Waals surface area contributed by atoms with Gasteiger partial charge in [-0.2, -0.15) is 0 Å². The molecular formula is C9H12BrNO2S. The second kappa shape index (κ2) is 3.90. The average molecular weight is 278 g/mol. The Bertz CT molecular complexity index is 343. The Kier molecular flexibility index (Phi) is 3.21. The Labute approximate surface area is 95.5 Å². The number of hydrogen-bond acceptors (Lipinski definition) is 2. The van der Waals surface area contributed by atoms with Gasteiger partial charge in [-0.05, 0) is 42.8 Å². The smallest absolute Gasteiger partial charge is 0.412 e. The van der Waals surface area contributed by atoms with Crippen LogP contribution in [0, 0.1) is 0 Å². The molecule has 0 bridgehead atoms. The average Bonchev–Trinajstić information content (AvgIpc) is 2.31. The second-order valence-corrected chi connectivity index (χ2v) is 5.70. The highest BCUT2D eigenvalue weighted by atomic mass is 79.9. The zero-order chi connectivity index (χ0) is 10.9. The summed E-state index contributed by atoms with van der Waals surface area (Å²) in [5.41, 5.74) is -0.421. The van der Waals surface area contributed by atoms with Gasteiger partial charge in [0.15, 0.2) is 0 Å². The lowest BCUT2D eigenvalue weighted by atomic mass is 10.1. The Morgan fingerprint density at radius 3 is 2.43 bits per heavy atom. The van der Waals surface area contributed by atoms with Gasteiger partial charge in [-0.3, -0.25) is 4.90 Å². The molecular weight excluding hydrogens is 266 g/mol. The van der Waals surface area contributed by atoms with Gasteiger partial charge in [-0.25, -0.2) is 4.79 Å². The summed E-state index contributed by atoms with van der Waals surface area (Å²) in [6, 6.07) is 1.81. The van der Waals surface area contributed by atoms with E-state index in [9.17, 15) is 4.79 Å². The van der Waals surface area contributed by atoms with Crippen molar-refractivity contribution in [2.24, 2.45) is 0 Å². The lowest BCUT2D eigenvalue weighted by Gasteiger charge is -2.31. The molecule has 0 fully saturated rings. The molecule has 0 saturated carbocycles. The minimum Gasteiger partial charge on any atom is -0.465 e. The third-order valence-electron chi connectivity index (χ3n) is 1.64. The first kappa shape index (κ1) is 11.5. The van der Waals surface area contributed by atoms with Crippen LogP contribution >= 0.6 is 27.3 Å². The molecule has 0 unspecified atom stereocenters. The predicted octanol–water partition coefficient (Wildman–Crippen LogP) is 3.79. The minimum absolute atomic E-state index is 0.421. The van der Waals surface area contributed by atoms with E-state index < -0.39 is 11.6 Å². The maximum absolute atomic E-state index is 11.1. The molecule has 0 aliphatic heterocycles. The molecule has 0 aliphatic carbocycles. The van der Waals surface area contributed by atoms with E-state index >= 15 is 0 Å². The topological polar surface area (TPSA) is 40.5 Å². The van der Waals surface area contributed by atoms with E-state index in [2.05, 4.69) is 15.9 Å². The fourth-order valence-corrected chi connectivity index (χ4v) is 2.73.